The van der Waals surface area contributed by atoms with E-state index in [1.54, 1.807) is 13.2 Å². The number of anilines is 1. The molecule has 1 aromatic carbocycles. The Kier molecular flexibility index (Phi) is 5.91. The maximum atomic E-state index is 12.8. The number of halogens is 1. The van der Waals surface area contributed by atoms with Crippen LogP contribution in [0.15, 0.2) is 12.1 Å². The molecule has 1 aromatic rings. The van der Waals surface area contributed by atoms with Gasteiger partial charge in [0.25, 0.3) is 0 Å². The van der Waals surface area contributed by atoms with Crippen molar-refractivity contribution in [1.82, 2.24) is 9.80 Å². The Morgan fingerprint density at radius 3 is 2.54 bits per heavy atom. The molecule has 6 nitrogen and oxygen atoms in total. The number of methoxy groups -OCH3 is 1. The summed E-state index contributed by atoms with van der Waals surface area (Å²) in [6.07, 6.45) is 3.76. The van der Waals surface area contributed by atoms with Crippen molar-refractivity contribution in [3.8, 4) is 5.75 Å². The number of hydrogen-bond acceptors (Lipinski definition) is 3. The molecule has 2 fully saturated rings. The van der Waals surface area contributed by atoms with Gasteiger partial charge in [0.15, 0.2) is 0 Å². The standard InChI is InChI=1S/C19H26ClN3O3/c1-13-10-16(17(26-2)11-15(13)20)21-18(24)14-6-5-9-23(12-14)19(25)22-7-3-4-8-22/h10-11,14H,3-9,12H2,1-2H3,(H,21,24)/t14-/m1/s1. The van der Waals surface area contributed by atoms with Gasteiger partial charge >= 0.3 is 6.03 Å². The Morgan fingerprint density at radius 2 is 1.85 bits per heavy atom. The number of amides is 3. The van der Waals surface area contributed by atoms with E-state index in [9.17, 15) is 9.59 Å². The molecule has 0 aliphatic carbocycles. The quantitative estimate of drug-likeness (QED) is 0.873. The average Bonchev–Trinajstić information content (AvgIpc) is 3.18. The highest BCUT2D eigenvalue weighted by molar-refractivity contribution is 6.31. The third-order valence-electron chi connectivity index (χ3n) is 5.18. The zero-order valence-electron chi connectivity index (χ0n) is 15.4. The molecule has 7 heteroatoms. The molecule has 3 rings (SSSR count). The smallest absolute Gasteiger partial charge is 0.320 e. The topological polar surface area (TPSA) is 61.9 Å². The van der Waals surface area contributed by atoms with E-state index in [2.05, 4.69) is 5.32 Å². The first kappa shape index (κ1) is 18.8. The molecule has 2 aliphatic heterocycles. The van der Waals surface area contributed by atoms with Crippen LogP contribution in [0, 0.1) is 12.8 Å². The molecule has 0 unspecified atom stereocenters. The van der Waals surface area contributed by atoms with Crippen LogP contribution in [0.4, 0.5) is 10.5 Å². The number of carbonyl (C=O) groups is 2. The van der Waals surface area contributed by atoms with Gasteiger partial charge in [-0.1, -0.05) is 11.6 Å². The Labute approximate surface area is 159 Å². The van der Waals surface area contributed by atoms with E-state index in [0.717, 1.165) is 50.9 Å². The van der Waals surface area contributed by atoms with Gasteiger partial charge in [-0.15, -0.1) is 0 Å². The number of nitrogens with one attached hydrogen (secondary N) is 1. The molecule has 1 atom stereocenters. The third-order valence-corrected chi connectivity index (χ3v) is 5.59. The highest BCUT2D eigenvalue weighted by Gasteiger charge is 2.31. The predicted molar refractivity (Wildman–Crippen MR) is 102 cm³/mol. The van der Waals surface area contributed by atoms with E-state index in [0.29, 0.717) is 23.0 Å². The molecule has 0 aromatic heterocycles. The van der Waals surface area contributed by atoms with Crippen molar-refractivity contribution >= 4 is 29.2 Å². The van der Waals surface area contributed by atoms with Crippen LogP contribution in [0.1, 0.15) is 31.2 Å². The number of carbonyl (C=O) groups excluding carboxylic acids is 2. The number of rotatable bonds is 3. The van der Waals surface area contributed by atoms with E-state index in [-0.39, 0.29) is 17.9 Å². The lowest BCUT2D eigenvalue weighted by Crippen LogP contribution is -2.48. The zero-order chi connectivity index (χ0) is 18.7. The molecule has 3 amide bonds. The maximum absolute atomic E-state index is 12.8. The van der Waals surface area contributed by atoms with Gasteiger partial charge in [0.2, 0.25) is 5.91 Å². The van der Waals surface area contributed by atoms with E-state index < -0.39 is 0 Å². The number of likely N-dealkylation sites (tertiary alicyclic amines) is 2. The summed E-state index contributed by atoms with van der Waals surface area (Å²) in [4.78, 5) is 29.1. The van der Waals surface area contributed by atoms with Crippen molar-refractivity contribution in [1.29, 1.82) is 0 Å². The van der Waals surface area contributed by atoms with Crippen LogP contribution in [0.25, 0.3) is 0 Å². The SMILES string of the molecule is COc1cc(Cl)c(C)cc1NC(=O)[C@@H]1CCCN(C(=O)N2CCCC2)C1. The van der Waals surface area contributed by atoms with Crippen molar-refractivity contribution < 1.29 is 14.3 Å². The lowest BCUT2D eigenvalue weighted by Gasteiger charge is -2.34. The van der Waals surface area contributed by atoms with Crippen molar-refractivity contribution in [2.75, 3.05) is 38.6 Å². The minimum atomic E-state index is -0.212. The summed E-state index contributed by atoms with van der Waals surface area (Å²) in [5.74, 6) is 0.245. The predicted octanol–water partition coefficient (Wildman–Crippen LogP) is 3.52. The Bertz CT molecular complexity index is 689. The fourth-order valence-corrected chi connectivity index (χ4v) is 3.79. The van der Waals surface area contributed by atoms with Crippen LogP contribution < -0.4 is 10.1 Å². The van der Waals surface area contributed by atoms with Crippen LogP contribution >= 0.6 is 11.6 Å². The first-order chi connectivity index (χ1) is 12.5. The number of hydrogen-bond donors (Lipinski definition) is 1. The first-order valence-corrected chi connectivity index (χ1v) is 9.56. The van der Waals surface area contributed by atoms with E-state index in [4.69, 9.17) is 16.3 Å². The zero-order valence-corrected chi connectivity index (χ0v) is 16.1. The van der Waals surface area contributed by atoms with E-state index >= 15 is 0 Å². The van der Waals surface area contributed by atoms with E-state index in [1.807, 2.05) is 22.8 Å². The summed E-state index contributed by atoms with van der Waals surface area (Å²) < 4.78 is 5.33. The number of urea groups is 1. The molecule has 2 heterocycles. The lowest BCUT2D eigenvalue weighted by atomic mass is 9.97. The Hall–Kier alpha value is -1.95. The molecule has 2 aliphatic rings. The summed E-state index contributed by atoms with van der Waals surface area (Å²) >= 11 is 6.12. The molecule has 2 saturated heterocycles. The van der Waals surface area contributed by atoms with Crippen LogP contribution in [-0.2, 0) is 4.79 Å². The van der Waals surface area contributed by atoms with Gasteiger partial charge in [0.05, 0.1) is 18.7 Å². The summed E-state index contributed by atoms with van der Waals surface area (Å²) in [5, 5.41) is 3.55. The van der Waals surface area contributed by atoms with Crippen molar-refractivity contribution in [2.24, 2.45) is 5.92 Å². The first-order valence-electron chi connectivity index (χ1n) is 9.18. The molecule has 0 bridgehead atoms. The number of nitrogens with zero attached hydrogens (tertiary/aromatic N) is 2. The van der Waals surface area contributed by atoms with Gasteiger partial charge in [0.1, 0.15) is 5.75 Å². The van der Waals surface area contributed by atoms with Crippen LogP contribution in [-0.4, -0.2) is 55.0 Å². The Balaban J connectivity index is 1.66. The van der Waals surface area contributed by atoms with Gasteiger partial charge < -0.3 is 19.9 Å². The van der Waals surface area contributed by atoms with Crippen LogP contribution in [0.2, 0.25) is 5.02 Å². The maximum Gasteiger partial charge on any atom is 0.320 e. The second-order valence-electron chi connectivity index (χ2n) is 7.05. The van der Waals surface area contributed by atoms with Crippen LogP contribution in [0.3, 0.4) is 0 Å². The summed E-state index contributed by atoms with van der Waals surface area (Å²) in [6, 6.07) is 3.59. The molecule has 142 valence electrons. The van der Waals surface area contributed by atoms with Gasteiger partial charge in [-0.2, -0.15) is 0 Å². The van der Waals surface area contributed by atoms with Gasteiger partial charge in [-0.05, 0) is 44.2 Å². The van der Waals surface area contributed by atoms with Gasteiger partial charge in [-0.25, -0.2) is 4.79 Å². The molecule has 0 saturated carbocycles. The molecular formula is C19H26ClN3O3. The number of aryl methyl sites for hydroxylation is 1. The minimum absolute atomic E-state index is 0.0694. The van der Waals surface area contributed by atoms with Gasteiger partial charge in [0, 0.05) is 37.3 Å². The molecular weight excluding hydrogens is 354 g/mol. The monoisotopic (exact) mass is 379 g/mol. The minimum Gasteiger partial charge on any atom is -0.495 e. The molecule has 0 spiro atoms. The number of ether oxygens (including phenoxy) is 1. The fourth-order valence-electron chi connectivity index (χ4n) is 3.64. The largest absolute Gasteiger partial charge is 0.495 e. The molecule has 0 radical (unpaired) electrons. The lowest BCUT2D eigenvalue weighted by molar-refractivity contribution is -0.121. The van der Waals surface area contributed by atoms with Crippen molar-refractivity contribution in [3.05, 3.63) is 22.7 Å². The van der Waals surface area contributed by atoms with Gasteiger partial charge in [-0.3, -0.25) is 4.79 Å². The fraction of sp³-hybridized carbons (Fsp3) is 0.579. The number of piperidine rings is 1. The van der Waals surface area contributed by atoms with Crippen molar-refractivity contribution in [3.63, 3.8) is 0 Å². The highest BCUT2D eigenvalue weighted by atomic mass is 35.5. The normalized spacial score (nSPS) is 20.2. The highest BCUT2D eigenvalue weighted by Crippen LogP contribution is 2.32. The van der Waals surface area contributed by atoms with Crippen LogP contribution in [0.5, 0.6) is 5.75 Å². The summed E-state index contributed by atoms with van der Waals surface area (Å²) in [7, 11) is 1.55. The Morgan fingerprint density at radius 1 is 1.15 bits per heavy atom. The number of benzene rings is 1. The third kappa shape index (κ3) is 4.06. The summed E-state index contributed by atoms with van der Waals surface area (Å²) in [6.45, 7) is 4.73. The molecule has 1 N–H and O–H groups in total. The average molecular weight is 380 g/mol. The second-order valence-corrected chi connectivity index (χ2v) is 7.46. The van der Waals surface area contributed by atoms with E-state index in [1.165, 1.54) is 0 Å². The summed E-state index contributed by atoms with van der Waals surface area (Å²) in [5.41, 5.74) is 1.49. The van der Waals surface area contributed by atoms with Crippen molar-refractivity contribution in [2.45, 2.75) is 32.6 Å². The molecule has 26 heavy (non-hydrogen) atoms. The second kappa shape index (κ2) is 8.16.